The summed E-state index contributed by atoms with van der Waals surface area (Å²) in [6.07, 6.45) is 0.480. The number of hydrogen-bond acceptors (Lipinski definition) is 3. The Morgan fingerprint density at radius 3 is 2.00 bits per heavy atom. The molecule has 3 nitrogen and oxygen atoms in total. The Hall–Kier alpha value is -0.570. The first kappa shape index (κ1) is 11.3. The molecule has 0 atom stereocenters. The Morgan fingerprint density at radius 1 is 1.44 bits per heavy atom. The number of esters is 1. The fourth-order valence-electron chi connectivity index (χ4n) is 0.263. The van der Waals surface area contributed by atoms with Crippen LogP contribution in [0.4, 0.5) is 0 Å². The minimum Gasteiger partial charge on any atom is -0.466 e. The van der Waals surface area contributed by atoms with E-state index in [-0.39, 0.29) is 5.97 Å². The van der Waals surface area contributed by atoms with Gasteiger partial charge in [0.15, 0.2) is 0 Å². The monoisotopic (exact) mass is 134 g/mol. The predicted octanol–water partition coefficient (Wildman–Crippen LogP) is 0.568. The van der Waals surface area contributed by atoms with E-state index in [1.165, 1.54) is 0 Å². The summed E-state index contributed by atoms with van der Waals surface area (Å²) in [7, 11) is 1.00. The van der Waals surface area contributed by atoms with E-state index in [0.717, 1.165) is 7.11 Å². The van der Waals surface area contributed by atoms with Crippen molar-refractivity contribution in [1.82, 2.24) is 0 Å². The molecule has 0 aliphatic heterocycles. The minimum absolute atomic E-state index is 0.123. The Bertz CT molecular complexity index is 61.3. The summed E-state index contributed by atoms with van der Waals surface area (Å²) in [6, 6.07) is 0. The van der Waals surface area contributed by atoms with Gasteiger partial charge in [-0.2, -0.15) is 0 Å². The molecule has 0 saturated heterocycles. The fraction of sp³-hybridized carbons (Fsp3) is 0.833. The van der Waals surface area contributed by atoms with Crippen LogP contribution in [-0.4, -0.2) is 24.8 Å². The molecule has 3 heteroatoms. The van der Waals surface area contributed by atoms with E-state index in [9.17, 15) is 4.79 Å². The number of ether oxygens (including phenoxy) is 1. The highest BCUT2D eigenvalue weighted by Gasteiger charge is 1.91. The highest BCUT2D eigenvalue weighted by molar-refractivity contribution is 5.68. The van der Waals surface area contributed by atoms with Gasteiger partial charge in [-0.15, -0.1) is 0 Å². The maximum absolute atomic E-state index is 10.2. The number of carbonyl (C=O) groups is 1. The van der Waals surface area contributed by atoms with Crippen LogP contribution in [0.3, 0.4) is 0 Å². The maximum atomic E-state index is 10.2. The second kappa shape index (κ2) is 10.4. The average Bonchev–Trinajstić information content (AvgIpc) is 1.93. The molecule has 0 amide bonds. The molecule has 0 unspecified atom stereocenters. The van der Waals surface area contributed by atoms with E-state index in [4.69, 9.17) is 5.11 Å². The van der Waals surface area contributed by atoms with Gasteiger partial charge in [0, 0.05) is 13.5 Å². The largest absolute Gasteiger partial charge is 0.466 e. The van der Waals surface area contributed by atoms with E-state index in [1.54, 1.807) is 13.8 Å². The lowest BCUT2D eigenvalue weighted by Crippen LogP contribution is -2.00. The van der Waals surface area contributed by atoms with Gasteiger partial charge >= 0.3 is 5.97 Å². The SMILES string of the molecule is CCOC(=O)CC.CO. The number of hydrogen-bond donors (Lipinski definition) is 1. The third-order valence-electron chi connectivity index (χ3n) is 0.594. The van der Waals surface area contributed by atoms with Crippen molar-refractivity contribution >= 4 is 5.97 Å². The molecule has 0 heterocycles. The van der Waals surface area contributed by atoms with Gasteiger partial charge in [0.05, 0.1) is 6.61 Å². The predicted molar refractivity (Wildman–Crippen MR) is 35.1 cm³/mol. The van der Waals surface area contributed by atoms with Crippen molar-refractivity contribution in [2.45, 2.75) is 20.3 Å². The summed E-state index contributed by atoms with van der Waals surface area (Å²) >= 11 is 0. The Morgan fingerprint density at radius 2 is 1.89 bits per heavy atom. The van der Waals surface area contributed by atoms with Crippen molar-refractivity contribution in [2.24, 2.45) is 0 Å². The lowest BCUT2D eigenvalue weighted by molar-refractivity contribution is -0.142. The molecule has 0 bridgehead atoms. The van der Waals surface area contributed by atoms with Crippen LogP contribution in [0.2, 0.25) is 0 Å². The molecule has 9 heavy (non-hydrogen) atoms. The first-order valence-corrected chi connectivity index (χ1v) is 2.91. The van der Waals surface area contributed by atoms with Gasteiger partial charge in [-0.05, 0) is 6.92 Å². The highest BCUT2D eigenvalue weighted by Crippen LogP contribution is 1.80. The van der Waals surface area contributed by atoms with Crippen LogP contribution < -0.4 is 0 Å². The first-order valence-electron chi connectivity index (χ1n) is 2.91. The van der Waals surface area contributed by atoms with Crippen LogP contribution in [0.15, 0.2) is 0 Å². The summed E-state index contributed by atoms with van der Waals surface area (Å²) < 4.78 is 4.55. The normalized spacial score (nSPS) is 7.11. The lowest BCUT2D eigenvalue weighted by Gasteiger charge is -1.93. The van der Waals surface area contributed by atoms with Crippen molar-refractivity contribution in [2.75, 3.05) is 13.7 Å². The number of carbonyl (C=O) groups excluding carboxylic acids is 1. The Kier molecular flexibility index (Phi) is 13.0. The third-order valence-corrected chi connectivity index (χ3v) is 0.594. The van der Waals surface area contributed by atoms with Gasteiger partial charge in [0.2, 0.25) is 0 Å². The lowest BCUT2D eigenvalue weighted by atomic mass is 10.5. The number of aliphatic hydroxyl groups excluding tert-OH is 1. The Balaban J connectivity index is 0. The third kappa shape index (κ3) is 11.2. The molecule has 0 aromatic carbocycles. The van der Waals surface area contributed by atoms with Crippen LogP contribution in [0, 0.1) is 0 Å². The van der Waals surface area contributed by atoms with Gasteiger partial charge in [-0.1, -0.05) is 6.92 Å². The Labute approximate surface area is 55.6 Å². The average molecular weight is 134 g/mol. The molecular formula is C6H14O3. The van der Waals surface area contributed by atoms with E-state index in [0.29, 0.717) is 13.0 Å². The van der Waals surface area contributed by atoms with Crippen LogP contribution in [0.25, 0.3) is 0 Å². The zero-order valence-corrected chi connectivity index (χ0v) is 6.18. The summed E-state index contributed by atoms with van der Waals surface area (Å²) in [5.74, 6) is -0.123. The summed E-state index contributed by atoms with van der Waals surface area (Å²) in [4.78, 5) is 10.2. The highest BCUT2D eigenvalue weighted by atomic mass is 16.5. The van der Waals surface area contributed by atoms with Crippen molar-refractivity contribution in [3.63, 3.8) is 0 Å². The van der Waals surface area contributed by atoms with E-state index < -0.39 is 0 Å². The molecule has 0 rings (SSSR count). The van der Waals surface area contributed by atoms with Crippen molar-refractivity contribution in [3.05, 3.63) is 0 Å². The van der Waals surface area contributed by atoms with Gasteiger partial charge in [-0.25, -0.2) is 0 Å². The quantitative estimate of drug-likeness (QED) is 0.561. The van der Waals surface area contributed by atoms with Gasteiger partial charge in [-0.3, -0.25) is 4.79 Å². The molecule has 0 aromatic rings. The molecule has 0 aliphatic rings. The summed E-state index contributed by atoms with van der Waals surface area (Å²) in [5.41, 5.74) is 0. The second-order valence-corrected chi connectivity index (χ2v) is 1.16. The summed E-state index contributed by atoms with van der Waals surface area (Å²) in [5, 5.41) is 7.00. The zero-order chi connectivity index (χ0) is 7.70. The van der Waals surface area contributed by atoms with Crippen LogP contribution >= 0.6 is 0 Å². The maximum Gasteiger partial charge on any atom is 0.305 e. The molecule has 0 radical (unpaired) electrons. The molecule has 56 valence electrons. The zero-order valence-electron chi connectivity index (χ0n) is 6.18. The van der Waals surface area contributed by atoms with Gasteiger partial charge < -0.3 is 9.84 Å². The first-order chi connectivity index (χ1) is 4.31. The van der Waals surface area contributed by atoms with Crippen LogP contribution in [0.5, 0.6) is 0 Å². The topological polar surface area (TPSA) is 46.5 Å². The van der Waals surface area contributed by atoms with Crippen molar-refractivity contribution in [1.29, 1.82) is 0 Å². The molecular weight excluding hydrogens is 120 g/mol. The van der Waals surface area contributed by atoms with Crippen molar-refractivity contribution in [3.8, 4) is 0 Å². The molecule has 0 aliphatic carbocycles. The second-order valence-electron chi connectivity index (χ2n) is 1.16. The fourth-order valence-corrected chi connectivity index (χ4v) is 0.263. The molecule has 0 fully saturated rings. The van der Waals surface area contributed by atoms with Gasteiger partial charge in [0.25, 0.3) is 0 Å². The van der Waals surface area contributed by atoms with E-state index in [1.807, 2.05) is 0 Å². The summed E-state index contributed by atoms with van der Waals surface area (Å²) in [6.45, 7) is 4.07. The number of aliphatic hydroxyl groups is 1. The standard InChI is InChI=1S/C5H10O2.CH4O/c1-3-5(6)7-4-2;1-2/h3-4H2,1-2H3;2H,1H3. The molecule has 1 N–H and O–H groups in total. The van der Waals surface area contributed by atoms with E-state index in [2.05, 4.69) is 4.74 Å². The molecule has 0 aromatic heterocycles. The van der Waals surface area contributed by atoms with Gasteiger partial charge in [0.1, 0.15) is 0 Å². The minimum atomic E-state index is -0.123. The van der Waals surface area contributed by atoms with E-state index >= 15 is 0 Å². The number of rotatable bonds is 2. The van der Waals surface area contributed by atoms with Crippen molar-refractivity contribution < 1.29 is 14.6 Å². The van der Waals surface area contributed by atoms with Crippen LogP contribution in [-0.2, 0) is 9.53 Å². The smallest absolute Gasteiger partial charge is 0.305 e. The van der Waals surface area contributed by atoms with Crippen LogP contribution in [0.1, 0.15) is 20.3 Å². The molecule has 0 saturated carbocycles. The molecule has 0 spiro atoms.